The Kier molecular flexibility index (Phi) is 6.98. The van der Waals surface area contributed by atoms with Crippen LogP contribution in [-0.2, 0) is 9.53 Å². The van der Waals surface area contributed by atoms with Gasteiger partial charge >= 0.3 is 11.7 Å². The van der Waals surface area contributed by atoms with Gasteiger partial charge in [0.2, 0.25) is 0 Å². The number of esters is 1. The number of ether oxygens (including phenoxy) is 2. The number of nitro benzene ring substituents is 1. The van der Waals surface area contributed by atoms with Crippen LogP contribution in [0.1, 0.15) is 30.1 Å². The van der Waals surface area contributed by atoms with Crippen LogP contribution < -0.4 is 4.74 Å². The Morgan fingerprint density at radius 3 is 2.48 bits per heavy atom. The van der Waals surface area contributed by atoms with E-state index in [-0.39, 0.29) is 35.9 Å². The number of benzene rings is 1. The van der Waals surface area contributed by atoms with Gasteiger partial charge in [0.25, 0.3) is 5.91 Å². The molecule has 8 heteroatoms. The molecule has 1 aromatic rings. The number of carbonyl (C=O) groups excluding carboxylic acids is 2. The summed E-state index contributed by atoms with van der Waals surface area (Å²) in [6.07, 6.45) is 0.769. The highest BCUT2D eigenvalue weighted by Crippen LogP contribution is 2.28. The van der Waals surface area contributed by atoms with Crippen molar-refractivity contribution in [3.63, 3.8) is 0 Å². The highest BCUT2D eigenvalue weighted by atomic mass is 16.6. The van der Waals surface area contributed by atoms with Crippen molar-refractivity contribution in [3.8, 4) is 5.75 Å². The Labute approximate surface area is 134 Å². The summed E-state index contributed by atoms with van der Waals surface area (Å²) in [7, 11) is 2.60. The van der Waals surface area contributed by atoms with E-state index in [4.69, 9.17) is 4.74 Å². The summed E-state index contributed by atoms with van der Waals surface area (Å²) in [6, 6.07) is 4.03. The molecule has 0 N–H and O–H groups in total. The average molecular weight is 324 g/mol. The molecule has 0 aliphatic heterocycles. The summed E-state index contributed by atoms with van der Waals surface area (Å²) in [5.41, 5.74) is -0.0985. The molecule has 126 valence electrons. The maximum Gasteiger partial charge on any atom is 0.311 e. The van der Waals surface area contributed by atoms with E-state index in [0.29, 0.717) is 13.0 Å². The zero-order chi connectivity index (χ0) is 17.4. The molecule has 0 aliphatic rings. The fourth-order valence-electron chi connectivity index (χ4n) is 2.06. The highest BCUT2D eigenvalue weighted by molar-refractivity contribution is 5.95. The number of methoxy groups -OCH3 is 2. The van der Waals surface area contributed by atoms with E-state index < -0.39 is 10.9 Å². The Morgan fingerprint density at radius 2 is 1.96 bits per heavy atom. The smallest absolute Gasteiger partial charge is 0.311 e. The zero-order valence-corrected chi connectivity index (χ0v) is 13.4. The van der Waals surface area contributed by atoms with Crippen LogP contribution in [0.5, 0.6) is 5.75 Å². The van der Waals surface area contributed by atoms with Gasteiger partial charge < -0.3 is 14.4 Å². The minimum Gasteiger partial charge on any atom is -0.490 e. The van der Waals surface area contributed by atoms with Gasteiger partial charge in [-0.05, 0) is 18.6 Å². The van der Waals surface area contributed by atoms with Gasteiger partial charge in [-0.1, -0.05) is 6.92 Å². The normalized spacial score (nSPS) is 10.0. The minimum absolute atomic E-state index is 0.0699. The maximum atomic E-state index is 12.5. The van der Waals surface area contributed by atoms with Crippen LogP contribution in [0.2, 0.25) is 0 Å². The topological polar surface area (TPSA) is 99.0 Å². The van der Waals surface area contributed by atoms with E-state index >= 15 is 0 Å². The average Bonchev–Trinajstić information content (AvgIpc) is 2.56. The van der Waals surface area contributed by atoms with Crippen molar-refractivity contribution in [2.75, 3.05) is 27.3 Å². The van der Waals surface area contributed by atoms with Crippen LogP contribution >= 0.6 is 0 Å². The highest BCUT2D eigenvalue weighted by Gasteiger charge is 2.22. The first-order valence-corrected chi connectivity index (χ1v) is 7.13. The fraction of sp³-hybridized carbons (Fsp3) is 0.467. The molecule has 0 heterocycles. The molecule has 0 aromatic heterocycles. The third-order valence-electron chi connectivity index (χ3n) is 3.22. The molecule has 8 nitrogen and oxygen atoms in total. The summed E-state index contributed by atoms with van der Waals surface area (Å²) in [4.78, 5) is 35.7. The molecule has 0 unspecified atom stereocenters. The standard InChI is InChI=1S/C15H20N2O6/c1-4-8-16(9-7-14(18)23-3)15(19)11-5-6-13(22-2)12(10-11)17(20)21/h5-6,10H,4,7-9H2,1-3H3. The van der Waals surface area contributed by atoms with Crippen LogP contribution in [0.3, 0.4) is 0 Å². The van der Waals surface area contributed by atoms with Crippen molar-refractivity contribution in [3.05, 3.63) is 33.9 Å². The molecular formula is C15H20N2O6. The van der Waals surface area contributed by atoms with Gasteiger partial charge in [0.1, 0.15) is 0 Å². The number of hydrogen-bond donors (Lipinski definition) is 0. The lowest BCUT2D eigenvalue weighted by Crippen LogP contribution is -2.34. The Balaban J connectivity index is 3.01. The van der Waals surface area contributed by atoms with Gasteiger partial charge in [0.05, 0.1) is 25.6 Å². The summed E-state index contributed by atoms with van der Waals surface area (Å²) in [6.45, 7) is 2.53. The predicted molar refractivity (Wildman–Crippen MR) is 82.5 cm³/mol. The predicted octanol–water partition coefficient (Wildman–Crippen LogP) is 2.02. The molecule has 0 saturated carbocycles. The van der Waals surface area contributed by atoms with Crippen molar-refractivity contribution in [1.82, 2.24) is 4.90 Å². The lowest BCUT2D eigenvalue weighted by molar-refractivity contribution is -0.385. The van der Waals surface area contributed by atoms with Crippen LogP contribution in [0, 0.1) is 10.1 Å². The number of hydrogen-bond acceptors (Lipinski definition) is 6. The van der Waals surface area contributed by atoms with Crippen LogP contribution in [0.4, 0.5) is 5.69 Å². The number of nitrogens with zero attached hydrogens (tertiary/aromatic N) is 2. The molecule has 0 aliphatic carbocycles. The molecule has 0 bridgehead atoms. The van der Waals surface area contributed by atoms with Gasteiger partial charge in [-0.15, -0.1) is 0 Å². The minimum atomic E-state index is -0.603. The Morgan fingerprint density at radius 1 is 1.26 bits per heavy atom. The summed E-state index contributed by atoms with van der Waals surface area (Å²) in [5, 5.41) is 11.0. The van der Waals surface area contributed by atoms with Gasteiger partial charge in [0, 0.05) is 24.7 Å². The Hall–Kier alpha value is -2.64. The summed E-state index contributed by atoms with van der Waals surface area (Å²) < 4.78 is 9.48. The SMILES string of the molecule is CCCN(CCC(=O)OC)C(=O)c1ccc(OC)c([N+](=O)[O-])c1. The number of nitro groups is 1. The summed E-state index contributed by atoms with van der Waals surface area (Å²) in [5.74, 6) is -0.704. The molecule has 0 radical (unpaired) electrons. The Bertz CT molecular complexity index is 587. The molecule has 1 rings (SSSR count). The van der Waals surface area contributed by atoms with Crippen LogP contribution in [0.15, 0.2) is 18.2 Å². The van der Waals surface area contributed by atoms with E-state index in [9.17, 15) is 19.7 Å². The molecule has 23 heavy (non-hydrogen) atoms. The number of carbonyl (C=O) groups is 2. The van der Waals surface area contributed by atoms with Crippen molar-refractivity contribution >= 4 is 17.6 Å². The third kappa shape index (κ3) is 4.94. The second-order valence-corrected chi connectivity index (χ2v) is 4.76. The lowest BCUT2D eigenvalue weighted by Gasteiger charge is -2.21. The lowest BCUT2D eigenvalue weighted by atomic mass is 10.1. The second kappa shape index (κ2) is 8.72. The molecule has 0 atom stereocenters. The molecule has 0 saturated heterocycles. The monoisotopic (exact) mass is 324 g/mol. The van der Waals surface area contributed by atoms with Crippen molar-refractivity contribution in [2.45, 2.75) is 19.8 Å². The largest absolute Gasteiger partial charge is 0.490 e. The molecule has 1 aromatic carbocycles. The van der Waals surface area contributed by atoms with Gasteiger partial charge in [-0.3, -0.25) is 19.7 Å². The van der Waals surface area contributed by atoms with E-state index in [1.165, 1.54) is 37.3 Å². The molecule has 0 fully saturated rings. The van der Waals surface area contributed by atoms with E-state index in [2.05, 4.69) is 4.74 Å². The summed E-state index contributed by atoms with van der Waals surface area (Å²) >= 11 is 0. The fourth-order valence-corrected chi connectivity index (χ4v) is 2.06. The van der Waals surface area contributed by atoms with Gasteiger partial charge in [-0.2, -0.15) is 0 Å². The molecule has 0 spiro atoms. The number of rotatable bonds is 8. The number of amides is 1. The maximum absolute atomic E-state index is 12.5. The molecule has 1 amide bonds. The van der Waals surface area contributed by atoms with Crippen molar-refractivity contribution in [1.29, 1.82) is 0 Å². The van der Waals surface area contributed by atoms with Crippen molar-refractivity contribution in [2.24, 2.45) is 0 Å². The van der Waals surface area contributed by atoms with Crippen LogP contribution in [-0.4, -0.2) is 49.0 Å². The van der Waals surface area contributed by atoms with E-state index in [1.54, 1.807) is 0 Å². The first-order chi connectivity index (χ1) is 10.9. The zero-order valence-electron chi connectivity index (χ0n) is 13.4. The first-order valence-electron chi connectivity index (χ1n) is 7.13. The third-order valence-corrected chi connectivity index (χ3v) is 3.22. The van der Waals surface area contributed by atoms with Crippen molar-refractivity contribution < 1.29 is 24.0 Å². The van der Waals surface area contributed by atoms with E-state index in [0.717, 1.165) is 0 Å². The van der Waals surface area contributed by atoms with Gasteiger partial charge in [0.15, 0.2) is 5.75 Å². The van der Waals surface area contributed by atoms with E-state index in [1.807, 2.05) is 6.92 Å². The first kappa shape index (κ1) is 18.4. The molecular weight excluding hydrogens is 304 g/mol. The van der Waals surface area contributed by atoms with Crippen LogP contribution in [0.25, 0.3) is 0 Å². The van der Waals surface area contributed by atoms with Gasteiger partial charge in [-0.25, -0.2) is 0 Å². The quantitative estimate of drug-likeness (QED) is 0.412. The second-order valence-electron chi connectivity index (χ2n) is 4.76.